The lowest BCUT2D eigenvalue weighted by atomic mass is 10.2. The lowest BCUT2D eigenvalue weighted by Gasteiger charge is -2.08. The maximum Gasteiger partial charge on any atom is 0.339 e. The summed E-state index contributed by atoms with van der Waals surface area (Å²) in [6, 6.07) is 5.03. The summed E-state index contributed by atoms with van der Waals surface area (Å²) in [4.78, 5) is 21.3. The highest BCUT2D eigenvalue weighted by Gasteiger charge is 2.19. The van der Waals surface area contributed by atoms with Gasteiger partial charge in [0.05, 0.1) is 4.90 Å². The van der Waals surface area contributed by atoms with Gasteiger partial charge < -0.3 is 10.2 Å². The third-order valence-electron chi connectivity index (χ3n) is 2.43. The number of phenols is 1. The predicted molar refractivity (Wildman–Crippen MR) is 70.7 cm³/mol. The van der Waals surface area contributed by atoms with E-state index in [1.165, 1.54) is 0 Å². The van der Waals surface area contributed by atoms with Crippen molar-refractivity contribution in [2.45, 2.75) is 4.90 Å². The van der Waals surface area contributed by atoms with Crippen LogP contribution in [0.15, 0.2) is 40.0 Å². The van der Waals surface area contributed by atoms with Gasteiger partial charge >= 0.3 is 5.97 Å². The van der Waals surface area contributed by atoms with Gasteiger partial charge in [0, 0.05) is 6.07 Å². The minimum absolute atomic E-state index is 0.139. The Kier molecular flexibility index (Phi) is 3.63. The Morgan fingerprint density at radius 3 is 2.52 bits per heavy atom. The van der Waals surface area contributed by atoms with Crippen LogP contribution < -0.4 is 10.3 Å². The first kappa shape index (κ1) is 14.5. The van der Waals surface area contributed by atoms with Crippen LogP contribution in [0.1, 0.15) is 10.4 Å². The number of rotatable bonds is 4. The fraction of sp³-hybridized carbons (Fsp3) is 0. The number of hydrogen-bond acceptors (Lipinski definition) is 6. The molecule has 0 bridgehead atoms. The van der Waals surface area contributed by atoms with Crippen LogP contribution in [-0.4, -0.2) is 34.8 Å². The highest BCUT2D eigenvalue weighted by Crippen LogP contribution is 2.22. The molecule has 0 radical (unpaired) electrons. The van der Waals surface area contributed by atoms with Gasteiger partial charge in [-0.2, -0.15) is 5.10 Å². The number of carboxylic acids is 1. The second-order valence-electron chi connectivity index (χ2n) is 3.90. The minimum atomic E-state index is -4.11. The van der Waals surface area contributed by atoms with Crippen molar-refractivity contribution in [2.24, 2.45) is 0 Å². The van der Waals surface area contributed by atoms with Gasteiger partial charge in [0.25, 0.3) is 15.6 Å². The van der Waals surface area contributed by atoms with Crippen molar-refractivity contribution < 1.29 is 23.4 Å². The smallest absolute Gasteiger partial charge is 0.339 e. The second kappa shape index (κ2) is 5.25. The van der Waals surface area contributed by atoms with Gasteiger partial charge in [-0.05, 0) is 24.3 Å². The van der Waals surface area contributed by atoms with E-state index >= 15 is 0 Å². The molecule has 0 saturated heterocycles. The number of aromatic nitrogens is 2. The Hall–Kier alpha value is -2.88. The third-order valence-corrected chi connectivity index (χ3v) is 3.78. The average molecular weight is 311 g/mol. The fourth-order valence-electron chi connectivity index (χ4n) is 1.45. The van der Waals surface area contributed by atoms with E-state index in [4.69, 9.17) is 5.11 Å². The molecule has 0 aliphatic rings. The van der Waals surface area contributed by atoms with Gasteiger partial charge in [-0.3, -0.25) is 9.52 Å². The monoisotopic (exact) mass is 311 g/mol. The molecule has 10 heteroatoms. The Labute approximate surface area is 117 Å². The summed E-state index contributed by atoms with van der Waals surface area (Å²) in [5.41, 5.74) is -1.05. The normalized spacial score (nSPS) is 11.0. The van der Waals surface area contributed by atoms with Crippen LogP contribution in [0.2, 0.25) is 0 Å². The summed E-state index contributed by atoms with van der Waals surface area (Å²) in [6.45, 7) is 0. The molecule has 0 atom stereocenters. The average Bonchev–Trinajstić information content (AvgIpc) is 2.41. The van der Waals surface area contributed by atoms with Crippen LogP contribution in [-0.2, 0) is 10.0 Å². The standard InChI is InChI=1S/C11H9N3O6S/c15-8-2-1-6(5-7(8)11(17)18)21(19,20)14-9-3-4-10(16)13-12-9/h1-5,15H,(H,12,14)(H,13,16)(H,17,18). The van der Waals surface area contributed by atoms with Crippen molar-refractivity contribution in [1.82, 2.24) is 10.2 Å². The molecule has 0 spiro atoms. The van der Waals surface area contributed by atoms with Gasteiger partial charge in [-0.15, -0.1) is 0 Å². The number of aromatic carboxylic acids is 1. The summed E-state index contributed by atoms with van der Waals surface area (Å²) in [5, 5.41) is 23.7. The van der Waals surface area contributed by atoms with Crippen LogP contribution in [0.3, 0.4) is 0 Å². The van der Waals surface area contributed by atoms with E-state index in [-0.39, 0.29) is 10.7 Å². The molecule has 9 nitrogen and oxygen atoms in total. The van der Waals surface area contributed by atoms with Gasteiger partial charge in [0.1, 0.15) is 11.3 Å². The summed E-state index contributed by atoms with van der Waals surface area (Å²) >= 11 is 0. The Morgan fingerprint density at radius 1 is 1.24 bits per heavy atom. The van der Waals surface area contributed by atoms with Gasteiger partial charge in [0.15, 0.2) is 5.82 Å². The number of aromatic hydroxyl groups is 1. The molecule has 110 valence electrons. The first-order valence-corrected chi connectivity index (χ1v) is 6.93. The van der Waals surface area contributed by atoms with Crippen LogP contribution in [0, 0.1) is 0 Å². The molecule has 0 saturated carbocycles. The zero-order valence-electron chi connectivity index (χ0n) is 10.3. The van der Waals surface area contributed by atoms with E-state index in [1.54, 1.807) is 0 Å². The molecule has 1 aromatic heterocycles. The summed E-state index contributed by atoms with van der Waals surface area (Å²) in [7, 11) is -4.11. The predicted octanol–water partition coefficient (Wildman–Crippen LogP) is -0.0255. The van der Waals surface area contributed by atoms with E-state index in [0.717, 1.165) is 30.3 Å². The number of aromatic amines is 1. The van der Waals surface area contributed by atoms with Crippen molar-refractivity contribution in [3.05, 3.63) is 46.2 Å². The molecular weight excluding hydrogens is 302 g/mol. The van der Waals surface area contributed by atoms with Crippen molar-refractivity contribution in [2.75, 3.05) is 4.72 Å². The van der Waals surface area contributed by atoms with E-state index in [0.29, 0.717) is 0 Å². The lowest BCUT2D eigenvalue weighted by molar-refractivity contribution is 0.0693. The molecule has 2 aromatic rings. The molecule has 1 heterocycles. The van der Waals surface area contributed by atoms with Crippen molar-refractivity contribution >= 4 is 21.8 Å². The molecule has 0 aliphatic carbocycles. The summed E-state index contributed by atoms with van der Waals surface area (Å²) < 4.78 is 26.2. The van der Waals surface area contributed by atoms with E-state index < -0.39 is 32.9 Å². The van der Waals surface area contributed by atoms with Gasteiger partial charge in [-0.25, -0.2) is 18.3 Å². The number of carboxylic acid groups (broad SMARTS) is 1. The number of sulfonamides is 1. The van der Waals surface area contributed by atoms with E-state index in [2.05, 4.69) is 9.82 Å². The van der Waals surface area contributed by atoms with Crippen LogP contribution in [0.5, 0.6) is 5.75 Å². The Bertz CT molecular complexity index is 838. The zero-order chi connectivity index (χ0) is 15.6. The first-order chi connectivity index (χ1) is 9.79. The lowest BCUT2D eigenvalue weighted by Crippen LogP contribution is -2.16. The molecule has 0 aliphatic heterocycles. The Morgan fingerprint density at radius 2 is 1.95 bits per heavy atom. The number of anilines is 1. The van der Waals surface area contributed by atoms with Gasteiger partial charge in [0.2, 0.25) is 0 Å². The number of nitrogens with one attached hydrogen (secondary N) is 2. The maximum atomic E-state index is 12.1. The largest absolute Gasteiger partial charge is 0.507 e. The number of benzene rings is 1. The molecule has 0 unspecified atom stereocenters. The Balaban J connectivity index is 2.40. The van der Waals surface area contributed by atoms with Crippen LogP contribution in [0.25, 0.3) is 0 Å². The number of H-pyrrole nitrogens is 1. The topological polar surface area (TPSA) is 149 Å². The number of nitrogens with zero attached hydrogens (tertiary/aromatic N) is 1. The summed E-state index contributed by atoms with van der Waals surface area (Å²) in [5.74, 6) is -2.16. The summed E-state index contributed by atoms with van der Waals surface area (Å²) in [6.07, 6.45) is 0. The highest BCUT2D eigenvalue weighted by molar-refractivity contribution is 7.92. The van der Waals surface area contributed by atoms with Crippen LogP contribution >= 0.6 is 0 Å². The van der Waals surface area contributed by atoms with Crippen molar-refractivity contribution in [3.63, 3.8) is 0 Å². The SMILES string of the molecule is O=C(O)c1cc(S(=O)(=O)Nc2ccc(=O)[nH]n2)ccc1O. The fourth-order valence-corrected chi connectivity index (χ4v) is 2.48. The molecule has 2 rings (SSSR count). The molecule has 0 fully saturated rings. The minimum Gasteiger partial charge on any atom is -0.507 e. The quantitative estimate of drug-likeness (QED) is 0.619. The molecule has 0 amide bonds. The van der Waals surface area contributed by atoms with Crippen molar-refractivity contribution in [1.29, 1.82) is 0 Å². The maximum absolute atomic E-state index is 12.1. The molecular formula is C11H9N3O6S. The molecule has 4 N–H and O–H groups in total. The molecule has 1 aromatic carbocycles. The zero-order valence-corrected chi connectivity index (χ0v) is 11.1. The van der Waals surface area contributed by atoms with Crippen molar-refractivity contribution in [3.8, 4) is 5.75 Å². The second-order valence-corrected chi connectivity index (χ2v) is 5.58. The number of hydrogen-bond donors (Lipinski definition) is 4. The highest BCUT2D eigenvalue weighted by atomic mass is 32.2. The van der Waals surface area contributed by atoms with Gasteiger partial charge in [-0.1, -0.05) is 0 Å². The van der Waals surface area contributed by atoms with E-state index in [1.807, 2.05) is 5.10 Å². The molecule has 21 heavy (non-hydrogen) atoms. The first-order valence-electron chi connectivity index (χ1n) is 5.44. The number of carbonyl (C=O) groups is 1. The third kappa shape index (κ3) is 3.17. The van der Waals surface area contributed by atoms with Crippen LogP contribution in [0.4, 0.5) is 5.82 Å². The van der Waals surface area contributed by atoms with E-state index in [9.17, 15) is 23.1 Å².